The molecule has 110 valence electrons. The Morgan fingerprint density at radius 2 is 2.62 bits per heavy atom. The molecule has 0 amide bonds. The molecule has 1 fully saturated rings. The van der Waals surface area contributed by atoms with Gasteiger partial charge in [0, 0.05) is 0 Å². The first-order valence-electron chi connectivity index (χ1n) is 6.21. The average molecular weight is 307 g/mol. The van der Waals surface area contributed by atoms with Gasteiger partial charge in [0.05, 0.1) is 24.1 Å². The topological polar surface area (TPSA) is 137 Å². The maximum Gasteiger partial charge on any atom is 0.327 e. The van der Waals surface area contributed by atoms with E-state index in [1.165, 1.54) is 0 Å². The van der Waals surface area contributed by atoms with E-state index in [-0.39, 0.29) is 18.5 Å². The Hall–Kier alpha value is -2.07. The van der Waals surface area contributed by atoms with Gasteiger partial charge in [-0.1, -0.05) is 0 Å². The van der Waals surface area contributed by atoms with E-state index in [1.807, 2.05) is 0 Å². The smallest absolute Gasteiger partial charge is 0.327 e. The van der Waals surface area contributed by atoms with E-state index >= 15 is 0 Å². The molecule has 2 atom stereocenters. The van der Waals surface area contributed by atoms with Crippen LogP contribution in [0.15, 0.2) is 17.1 Å². The Morgan fingerprint density at radius 1 is 1.81 bits per heavy atom. The number of hydrogen-bond acceptors (Lipinski definition) is 5. The molecular weight excluding hydrogens is 293 g/mol. The van der Waals surface area contributed by atoms with Crippen LogP contribution < -0.4 is 5.73 Å². The highest BCUT2D eigenvalue weighted by Crippen LogP contribution is 2.38. The average Bonchev–Trinajstić information content (AvgIpc) is 3.13. The first-order valence-corrected chi connectivity index (χ1v) is 6.94. The number of H-pyrrole nitrogens is 1. The fourth-order valence-corrected chi connectivity index (χ4v) is 2.48. The molecule has 0 aromatic carbocycles. The highest BCUT2D eigenvalue weighted by atomic mass is 31.1. The van der Waals surface area contributed by atoms with E-state index in [0.29, 0.717) is 24.2 Å². The number of nitrogens with zero attached hydrogens (tertiary/aromatic N) is 2. The van der Waals surface area contributed by atoms with E-state index in [1.54, 1.807) is 12.1 Å². The zero-order valence-corrected chi connectivity index (χ0v) is 12.0. The Morgan fingerprint density at radius 3 is 3.29 bits per heavy atom. The van der Waals surface area contributed by atoms with Gasteiger partial charge in [-0.05, 0) is 25.0 Å². The number of rotatable bonds is 6. The van der Waals surface area contributed by atoms with Crippen molar-refractivity contribution in [2.45, 2.75) is 24.5 Å². The first-order chi connectivity index (χ1) is 10.1. The number of hydrogen-bond donors (Lipinski definition) is 3. The number of aromatic amines is 1. The van der Waals surface area contributed by atoms with E-state index in [0.717, 1.165) is 6.34 Å². The van der Waals surface area contributed by atoms with Gasteiger partial charge in [0.2, 0.25) is 0 Å². The molecule has 0 saturated carbocycles. The summed E-state index contributed by atoms with van der Waals surface area (Å²) in [6.07, 6.45) is 1.68. The van der Waals surface area contributed by atoms with Gasteiger partial charge in [-0.2, -0.15) is 5.26 Å². The SMILES string of the molecule is N#C[C@]1(c2ccc(C(N)=NC=N)[nH]2)CCC(COP=O)O1. The van der Waals surface area contributed by atoms with Crippen molar-refractivity contribution >= 4 is 20.9 Å². The summed E-state index contributed by atoms with van der Waals surface area (Å²) in [5, 5.41) is 16.4. The van der Waals surface area contributed by atoms with E-state index in [2.05, 4.69) is 16.0 Å². The van der Waals surface area contributed by atoms with Crippen LogP contribution in [0.25, 0.3) is 0 Å². The Labute approximate surface area is 122 Å². The van der Waals surface area contributed by atoms with Crippen LogP contribution in [0.3, 0.4) is 0 Å². The monoisotopic (exact) mass is 307 g/mol. The third-order valence-electron chi connectivity index (χ3n) is 3.28. The van der Waals surface area contributed by atoms with Gasteiger partial charge in [-0.15, -0.1) is 0 Å². The standard InChI is InChI=1S/C12H14N5O3P/c13-6-12(4-3-8(20-12)5-19-21-18)10-2-1-9(17-10)11(15)16-7-14/h1-2,7-8,17H,3-5H2,(H3,14,15,16)/t8?,12-/m0/s1. The van der Waals surface area contributed by atoms with Gasteiger partial charge >= 0.3 is 8.69 Å². The Kier molecular flexibility index (Phi) is 4.81. The van der Waals surface area contributed by atoms with Crippen molar-refractivity contribution in [3.05, 3.63) is 23.5 Å². The summed E-state index contributed by atoms with van der Waals surface area (Å²) in [6, 6.07) is 5.56. The van der Waals surface area contributed by atoms with Crippen LogP contribution in [-0.4, -0.2) is 29.9 Å². The molecule has 9 heteroatoms. The molecule has 1 aliphatic heterocycles. The van der Waals surface area contributed by atoms with Crippen LogP contribution in [0.2, 0.25) is 0 Å². The van der Waals surface area contributed by atoms with Crippen LogP contribution >= 0.6 is 8.69 Å². The van der Waals surface area contributed by atoms with E-state index in [4.69, 9.17) is 20.4 Å². The van der Waals surface area contributed by atoms with Crippen molar-refractivity contribution in [1.29, 1.82) is 10.7 Å². The van der Waals surface area contributed by atoms with Crippen LogP contribution in [0.1, 0.15) is 24.2 Å². The van der Waals surface area contributed by atoms with Gasteiger partial charge < -0.3 is 15.5 Å². The van der Waals surface area contributed by atoms with E-state index < -0.39 is 14.3 Å². The summed E-state index contributed by atoms with van der Waals surface area (Å²) in [6.45, 7) is 0.166. The minimum atomic E-state index is -1.10. The second-order valence-corrected chi connectivity index (χ2v) is 4.92. The summed E-state index contributed by atoms with van der Waals surface area (Å²) in [7, 11) is -0.404. The maximum absolute atomic E-state index is 10.3. The molecule has 1 aromatic rings. The van der Waals surface area contributed by atoms with Gasteiger partial charge in [0.1, 0.15) is 18.2 Å². The Bertz CT molecular complexity index is 608. The molecule has 0 bridgehead atoms. The third-order valence-corrected chi connectivity index (χ3v) is 3.54. The number of amidine groups is 1. The van der Waals surface area contributed by atoms with Gasteiger partial charge in [0.15, 0.2) is 5.60 Å². The predicted octanol–water partition coefficient (Wildman–Crippen LogP) is 1.45. The maximum atomic E-state index is 10.3. The molecule has 1 aliphatic rings. The van der Waals surface area contributed by atoms with Crippen LogP contribution in [-0.2, 0) is 19.4 Å². The van der Waals surface area contributed by atoms with Gasteiger partial charge in [-0.25, -0.2) is 9.56 Å². The third kappa shape index (κ3) is 3.16. The zero-order chi connectivity index (χ0) is 15.3. The number of ether oxygens (including phenoxy) is 1. The largest absolute Gasteiger partial charge is 0.382 e. The lowest BCUT2D eigenvalue weighted by molar-refractivity contribution is -0.0250. The molecular formula is C12H14N5O3P. The summed E-state index contributed by atoms with van der Waals surface area (Å²) in [5.41, 5.74) is 5.68. The zero-order valence-electron chi connectivity index (χ0n) is 11.1. The molecule has 0 aliphatic carbocycles. The molecule has 2 heterocycles. The summed E-state index contributed by atoms with van der Waals surface area (Å²) < 4.78 is 20.8. The highest BCUT2D eigenvalue weighted by molar-refractivity contribution is 7.17. The number of nitrogens with two attached hydrogens (primary N) is 1. The van der Waals surface area contributed by atoms with Crippen molar-refractivity contribution in [1.82, 2.24) is 4.98 Å². The number of nitriles is 1. The first kappa shape index (κ1) is 15.3. The minimum absolute atomic E-state index is 0.160. The van der Waals surface area contributed by atoms with Crippen LogP contribution in [0.5, 0.6) is 0 Å². The summed E-state index contributed by atoms with van der Waals surface area (Å²) in [5.74, 6) is 0.160. The highest BCUT2D eigenvalue weighted by Gasteiger charge is 2.43. The predicted molar refractivity (Wildman–Crippen MR) is 75.3 cm³/mol. The van der Waals surface area contributed by atoms with Crippen molar-refractivity contribution < 1.29 is 13.8 Å². The molecule has 0 radical (unpaired) electrons. The summed E-state index contributed by atoms with van der Waals surface area (Å²) in [4.78, 5) is 6.66. The summed E-state index contributed by atoms with van der Waals surface area (Å²) >= 11 is 0. The molecule has 2 rings (SSSR count). The van der Waals surface area contributed by atoms with Gasteiger partial charge in [0.25, 0.3) is 0 Å². The fraction of sp³-hybridized carbons (Fsp3) is 0.417. The van der Waals surface area contributed by atoms with Crippen LogP contribution in [0, 0.1) is 16.7 Å². The van der Waals surface area contributed by atoms with Crippen molar-refractivity contribution in [3.63, 3.8) is 0 Å². The van der Waals surface area contributed by atoms with Crippen molar-refractivity contribution in [3.8, 4) is 6.07 Å². The molecule has 8 nitrogen and oxygen atoms in total. The lowest BCUT2D eigenvalue weighted by Crippen LogP contribution is -2.26. The van der Waals surface area contributed by atoms with Gasteiger partial charge in [-0.3, -0.25) is 9.93 Å². The second-order valence-electron chi connectivity index (χ2n) is 4.52. The lowest BCUT2D eigenvalue weighted by Gasteiger charge is -2.20. The van der Waals surface area contributed by atoms with Crippen LogP contribution in [0.4, 0.5) is 0 Å². The number of nitrogens with one attached hydrogen (secondary N) is 2. The molecule has 0 spiro atoms. The van der Waals surface area contributed by atoms with Crippen molar-refractivity contribution in [2.24, 2.45) is 10.7 Å². The second kappa shape index (κ2) is 6.59. The molecule has 21 heavy (non-hydrogen) atoms. The van der Waals surface area contributed by atoms with E-state index in [9.17, 15) is 9.83 Å². The molecule has 1 saturated heterocycles. The van der Waals surface area contributed by atoms with Crippen molar-refractivity contribution in [2.75, 3.05) is 6.61 Å². The normalized spacial score (nSPS) is 25.9. The lowest BCUT2D eigenvalue weighted by atomic mass is 9.98. The fourth-order valence-electron chi connectivity index (χ4n) is 2.26. The molecule has 1 aromatic heterocycles. The molecule has 4 N–H and O–H groups in total. The Balaban J connectivity index is 2.19. The molecule has 1 unspecified atom stereocenters. The minimum Gasteiger partial charge on any atom is -0.382 e. The quantitative estimate of drug-likeness (QED) is 0.415. The number of aromatic nitrogens is 1. The number of aliphatic imine (C=N–C) groups is 1.